The zero-order chi connectivity index (χ0) is 17.0. The van der Waals surface area contributed by atoms with Crippen molar-refractivity contribution < 1.29 is 4.74 Å². The second kappa shape index (κ2) is 11.7. The van der Waals surface area contributed by atoms with Crippen molar-refractivity contribution in [2.75, 3.05) is 39.4 Å². The van der Waals surface area contributed by atoms with E-state index < -0.39 is 0 Å². The lowest BCUT2D eigenvalue weighted by molar-refractivity contribution is 0.130. The predicted molar refractivity (Wildman–Crippen MR) is 102 cm³/mol. The summed E-state index contributed by atoms with van der Waals surface area (Å²) in [6.07, 6.45) is 10.2. The molecule has 2 rings (SSSR count). The summed E-state index contributed by atoms with van der Waals surface area (Å²) in [6, 6.07) is 1.39. The molecular formula is C19H38N4O. The highest BCUT2D eigenvalue weighted by Crippen LogP contribution is 2.26. The first-order chi connectivity index (χ1) is 11.8. The van der Waals surface area contributed by atoms with Crippen LogP contribution in [0, 0.1) is 0 Å². The van der Waals surface area contributed by atoms with Gasteiger partial charge < -0.3 is 15.4 Å². The molecule has 24 heavy (non-hydrogen) atoms. The van der Waals surface area contributed by atoms with Crippen molar-refractivity contribution in [1.29, 1.82) is 0 Å². The fourth-order valence-corrected chi connectivity index (χ4v) is 3.73. The molecule has 0 bridgehead atoms. The van der Waals surface area contributed by atoms with Gasteiger partial charge >= 0.3 is 0 Å². The van der Waals surface area contributed by atoms with E-state index in [9.17, 15) is 0 Å². The van der Waals surface area contributed by atoms with Crippen molar-refractivity contribution in [1.82, 2.24) is 15.5 Å². The Morgan fingerprint density at radius 2 is 1.92 bits per heavy atom. The Morgan fingerprint density at radius 3 is 2.67 bits per heavy atom. The van der Waals surface area contributed by atoms with E-state index in [2.05, 4.69) is 29.4 Å². The number of hydrogen-bond acceptors (Lipinski definition) is 3. The number of ether oxygens (including phenoxy) is 1. The number of nitrogens with zero attached hydrogens (tertiary/aromatic N) is 2. The van der Waals surface area contributed by atoms with Gasteiger partial charge in [-0.2, -0.15) is 0 Å². The zero-order valence-corrected chi connectivity index (χ0v) is 15.9. The minimum Gasteiger partial charge on any atom is -0.381 e. The van der Waals surface area contributed by atoms with Gasteiger partial charge in [-0.05, 0) is 39.0 Å². The Kier molecular flexibility index (Phi) is 9.51. The van der Waals surface area contributed by atoms with Crippen molar-refractivity contribution in [3.8, 4) is 0 Å². The van der Waals surface area contributed by atoms with Gasteiger partial charge in [-0.3, -0.25) is 9.89 Å². The summed E-state index contributed by atoms with van der Waals surface area (Å²) < 4.78 is 5.60. The van der Waals surface area contributed by atoms with Gasteiger partial charge in [-0.25, -0.2) is 0 Å². The van der Waals surface area contributed by atoms with Crippen LogP contribution in [0.3, 0.4) is 0 Å². The molecular weight excluding hydrogens is 300 g/mol. The van der Waals surface area contributed by atoms with Gasteiger partial charge in [-0.1, -0.05) is 26.2 Å². The molecule has 1 aliphatic heterocycles. The van der Waals surface area contributed by atoms with Crippen LogP contribution in [0.1, 0.15) is 65.2 Å². The summed E-state index contributed by atoms with van der Waals surface area (Å²) in [5.74, 6) is 0.976. The van der Waals surface area contributed by atoms with Crippen LogP contribution in [0.5, 0.6) is 0 Å². The number of likely N-dealkylation sites (tertiary alicyclic amines) is 1. The first-order valence-corrected chi connectivity index (χ1v) is 10.2. The monoisotopic (exact) mass is 338 g/mol. The van der Waals surface area contributed by atoms with E-state index in [1.165, 1.54) is 51.6 Å². The lowest BCUT2D eigenvalue weighted by atomic mass is 10.2. The second-order valence-electron chi connectivity index (χ2n) is 7.14. The Labute approximate surface area is 148 Å². The molecule has 1 atom stereocenters. The van der Waals surface area contributed by atoms with E-state index in [4.69, 9.17) is 9.73 Å². The van der Waals surface area contributed by atoms with Gasteiger partial charge in [0.2, 0.25) is 0 Å². The molecule has 1 saturated carbocycles. The average Bonchev–Trinajstić information content (AvgIpc) is 3.25. The molecule has 2 N–H and O–H groups in total. The molecule has 0 spiro atoms. The minimum atomic E-state index is 0.546. The van der Waals surface area contributed by atoms with Crippen LogP contribution in [-0.4, -0.2) is 62.3 Å². The fraction of sp³-hybridized carbons (Fsp3) is 0.947. The van der Waals surface area contributed by atoms with Gasteiger partial charge in [0.05, 0.1) is 0 Å². The van der Waals surface area contributed by atoms with Gasteiger partial charge in [0.1, 0.15) is 0 Å². The summed E-state index contributed by atoms with van der Waals surface area (Å²) in [5, 5.41) is 7.02. The van der Waals surface area contributed by atoms with E-state index in [0.717, 1.165) is 51.1 Å². The largest absolute Gasteiger partial charge is 0.381 e. The Hall–Kier alpha value is -0.810. The summed E-state index contributed by atoms with van der Waals surface area (Å²) >= 11 is 0. The van der Waals surface area contributed by atoms with Crippen LogP contribution in [0.2, 0.25) is 0 Å². The van der Waals surface area contributed by atoms with E-state index in [1.807, 2.05) is 0 Å². The maximum absolute atomic E-state index is 5.60. The van der Waals surface area contributed by atoms with E-state index in [1.54, 1.807) is 0 Å². The first-order valence-electron chi connectivity index (χ1n) is 10.2. The highest BCUT2D eigenvalue weighted by molar-refractivity contribution is 5.80. The van der Waals surface area contributed by atoms with Crippen molar-refractivity contribution >= 4 is 5.96 Å². The van der Waals surface area contributed by atoms with Gasteiger partial charge in [0.25, 0.3) is 0 Å². The third-order valence-electron chi connectivity index (χ3n) is 5.10. The van der Waals surface area contributed by atoms with Crippen molar-refractivity contribution in [2.45, 2.75) is 77.3 Å². The van der Waals surface area contributed by atoms with Crippen LogP contribution < -0.4 is 10.6 Å². The molecule has 0 aromatic heterocycles. The van der Waals surface area contributed by atoms with E-state index >= 15 is 0 Å². The number of unbranched alkanes of at least 4 members (excludes halogenated alkanes) is 1. The molecule has 2 aliphatic rings. The highest BCUT2D eigenvalue weighted by Gasteiger charge is 2.30. The van der Waals surface area contributed by atoms with Gasteiger partial charge in [0.15, 0.2) is 5.96 Å². The number of rotatable bonds is 10. The number of nitrogens with one attached hydrogen (secondary N) is 2. The summed E-state index contributed by atoms with van der Waals surface area (Å²) in [4.78, 5) is 7.40. The van der Waals surface area contributed by atoms with E-state index in [-0.39, 0.29) is 0 Å². The van der Waals surface area contributed by atoms with Crippen molar-refractivity contribution in [3.05, 3.63) is 0 Å². The van der Waals surface area contributed by atoms with Crippen LogP contribution in [0.15, 0.2) is 4.99 Å². The molecule has 5 nitrogen and oxygen atoms in total. The Balaban J connectivity index is 1.65. The summed E-state index contributed by atoms with van der Waals surface area (Å²) in [6.45, 7) is 10.2. The number of guanidine groups is 1. The highest BCUT2D eigenvalue weighted by atomic mass is 16.5. The zero-order valence-electron chi connectivity index (χ0n) is 15.9. The maximum Gasteiger partial charge on any atom is 0.191 e. The smallest absolute Gasteiger partial charge is 0.191 e. The maximum atomic E-state index is 5.60. The predicted octanol–water partition coefficient (Wildman–Crippen LogP) is 2.77. The SMILES string of the molecule is CCCCOCCCN=C(NCC)NC1CCN(C2CCCC2)C1. The lowest BCUT2D eigenvalue weighted by Gasteiger charge is -2.24. The lowest BCUT2D eigenvalue weighted by Crippen LogP contribution is -2.45. The Bertz CT molecular complexity index is 355. The molecule has 1 unspecified atom stereocenters. The first kappa shape index (κ1) is 19.5. The van der Waals surface area contributed by atoms with Crippen LogP contribution in [0.25, 0.3) is 0 Å². The van der Waals surface area contributed by atoms with Crippen LogP contribution >= 0.6 is 0 Å². The molecule has 0 amide bonds. The second-order valence-corrected chi connectivity index (χ2v) is 7.14. The van der Waals surface area contributed by atoms with Crippen molar-refractivity contribution in [2.24, 2.45) is 4.99 Å². The summed E-state index contributed by atoms with van der Waals surface area (Å²) in [5.41, 5.74) is 0. The molecule has 140 valence electrons. The third-order valence-corrected chi connectivity index (χ3v) is 5.10. The quantitative estimate of drug-likeness (QED) is 0.365. The number of hydrogen-bond donors (Lipinski definition) is 2. The van der Waals surface area contributed by atoms with Crippen molar-refractivity contribution in [3.63, 3.8) is 0 Å². The molecule has 5 heteroatoms. The van der Waals surface area contributed by atoms with E-state index in [0.29, 0.717) is 6.04 Å². The van der Waals surface area contributed by atoms with Gasteiger partial charge in [0, 0.05) is 51.5 Å². The molecule has 0 aromatic carbocycles. The summed E-state index contributed by atoms with van der Waals surface area (Å²) in [7, 11) is 0. The van der Waals surface area contributed by atoms with Gasteiger partial charge in [-0.15, -0.1) is 0 Å². The fourth-order valence-electron chi connectivity index (χ4n) is 3.73. The van der Waals surface area contributed by atoms with Crippen LogP contribution in [-0.2, 0) is 4.74 Å². The average molecular weight is 339 g/mol. The normalized spacial score (nSPS) is 23.1. The Morgan fingerprint density at radius 1 is 1.12 bits per heavy atom. The minimum absolute atomic E-state index is 0.546. The van der Waals surface area contributed by atoms with Crippen LogP contribution in [0.4, 0.5) is 0 Å². The number of aliphatic imine (C=N–C) groups is 1. The molecule has 1 aliphatic carbocycles. The molecule has 0 aromatic rings. The standard InChI is InChI=1S/C19H38N4O/c1-3-5-14-24-15-8-12-21-19(20-4-2)22-17-11-13-23(16-17)18-9-6-7-10-18/h17-18H,3-16H2,1-2H3,(H2,20,21,22). The molecule has 1 heterocycles. The molecule has 1 saturated heterocycles. The molecule has 2 fully saturated rings. The molecule has 0 radical (unpaired) electrons. The topological polar surface area (TPSA) is 48.9 Å². The third kappa shape index (κ3) is 6.98.